The lowest BCUT2D eigenvalue weighted by Crippen LogP contribution is -2.35. The van der Waals surface area contributed by atoms with Crippen LogP contribution < -0.4 is 5.32 Å². The van der Waals surface area contributed by atoms with E-state index < -0.39 is 0 Å². The molecule has 17 heavy (non-hydrogen) atoms. The third-order valence-electron chi connectivity index (χ3n) is 3.20. The molecule has 0 aliphatic carbocycles. The predicted octanol–water partition coefficient (Wildman–Crippen LogP) is 2.56. The zero-order chi connectivity index (χ0) is 12.8. The Morgan fingerprint density at radius 3 is 2.59 bits per heavy atom. The Balaban J connectivity index is 2.39. The van der Waals surface area contributed by atoms with Crippen LogP contribution in [0.3, 0.4) is 0 Å². The lowest BCUT2D eigenvalue weighted by atomic mass is 10.0. The Kier molecular flexibility index (Phi) is 6.09. The minimum absolute atomic E-state index is 0.495. The van der Waals surface area contributed by atoms with Crippen molar-refractivity contribution >= 4 is 11.3 Å². The van der Waals surface area contributed by atoms with Crippen LogP contribution in [0.4, 0.5) is 0 Å². The van der Waals surface area contributed by atoms with Gasteiger partial charge in [0.15, 0.2) is 0 Å². The maximum Gasteiger partial charge on any atom is 0.0934 e. The quantitative estimate of drug-likeness (QED) is 0.761. The van der Waals surface area contributed by atoms with Crippen LogP contribution in [0.25, 0.3) is 0 Å². The highest BCUT2D eigenvalue weighted by Gasteiger charge is 2.14. The summed E-state index contributed by atoms with van der Waals surface area (Å²) in [6, 6.07) is 0.495. The van der Waals surface area contributed by atoms with Crippen molar-refractivity contribution in [2.24, 2.45) is 5.92 Å². The average Bonchev–Trinajstić information content (AvgIpc) is 2.58. The second-order valence-corrected chi connectivity index (χ2v) is 5.95. The van der Waals surface area contributed by atoms with Crippen LogP contribution in [-0.2, 0) is 11.2 Å². The molecule has 0 saturated carbocycles. The van der Waals surface area contributed by atoms with E-state index in [1.165, 1.54) is 15.6 Å². The Labute approximate surface area is 109 Å². The number of methoxy groups -OCH3 is 1. The highest BCUT2D eigenvalue weighted by atomic mass is 32.1. The fourth-order valence-electron chi connectivity index (χ4n) is 1.67. The molecule has 3 nitrogen and oxygen atoms in total. The highest BCUT2D eigenvalue weighted by molar-refractivity contribution is 7.11. The molecule has 0 aromatic carbocycles. The summed E-state index contributed by atoms with van der Waals surface area (Å²) in [5.41, 5.74) is 1.18. The standard InChI is InChI=1S/C13H24N2OS/c1-9(10(2)14-6-7-16-5)8-13-15-11(3)12(4)17-13/h9-10,14H,6-8H2,1-5H3. The van der Waals surface area contributed by atoms with Crippen molar-refractivity contribution in [3.05, 3.63) is 15.6 Å². The van der Waals surface area contributed by atoms with Gasteiger partial charge in [-0.05, 0) is 26.7 Å². The molecule has 0 radical (unpaired) electrons. The van der Waals surface area contributed by atoms with Gasteiger partial charge < -0.3 is 10.1 Å². The Bertz CT molecular complexity index is 319. The third-order valence-corrected chi connectivity index (χ3v) is 4.29. The van der Waals surface area contributed by atoms with Gasteiger partial charge in [-0.3, -0.25) is 0 Å². The molecular formula is C13H24N2OS. The summed E-state index contributed by atoms with van der Waals surface area (Å²) in [5, 5.41) is 4.73. The zero-order valence-corrected chi connectivity index (χ0v) is 12.4. The third kappa shape index (κ3) is 4.74. The van der Waals surface area contributed by atoms with E-state index in [-0.39, 0.29) is 0 Å². The van der Waals surface area contributed by atoms with E-state index >= 15 is 0 Å². The summed E-state index contributed by atoms with van der Waals surface area (Å²) in [6.45, 7) is 10.4. The molecule has 4 heteroatoms. The molecule has 0 saturated heterocycles. The van der Waals surface area contributed by atoms with Crippen molar-refractivity contribution in [2.45, 2.75) is 40.2 Å². The van der Waals surface area contributed by atoms with Crippen molar-refractivity contribution in [2.75, 3.05) is 20.3 Å². The molecule has 2 unspecified atom stereocenters. The number of nitrogens with zero attached hydrogens (tertiary/aromatic N) is 1. The molecule has 1 aromatic heterocycles. The minimum Gasteiger partial charge on any atom is -0.383 e. The van der Waals surface area contributed by atoms with Gasteiger partial charge in [-0.1, -0.05) is 6.92 Å². The van der Waals surface area contributed by atoms with Gasteiger partial charge in [0.05, 0.1) is 17.3 Å². The summed E-state index contributed by atoms with van der Waals surface area (Å²) in [6.07, 6.45) is 1.06. The predicted molar refractivity (Wildman–Crippen MR) is 73.8 cm³/mol. The molecule has 1 aromatic rings. The summed E-state index contributed by atoms with van der Waals surface area (Å²) in [5.74, 6) is 0.594. The second kappa shape index (κ2) is 7.09. The maximum atomic E-state index is 5.04. The molecule has 98 valence electrons. The molecule has 0 spiro atoms. The summed E-state index contributed by atoms with van der Waals surface area (Å²) in [7, 11) is 1.73. The van der Waals surface area contributed by atoms with Crippen molar-refractivity contribution in [3.63, 3.8) is 0 Å². The Hall–Kier alpha value is -0.450. The van der Waals surface area contributed by atoms with Crippen LogP contribution in [0.1, 0.15) is 29.4 Å². The van der Waals surface area contributed by atoms with Gasteiger partial charge in [-0.25, -0.2) is 4.98 Å². The SMILES string of the molecule is COCCNC(C)C(C)Cc1nc(C)c(C)s1. The van der Waals surface area contributed by atoms with E-state index in [0.717, 1.165) is 19.6 Å². The lowest BCUT2D eigenvalue weighted by molar-refractivity contribution is 0.192. The van der Waals surface area contributed by atoms with Gasteiger partial charge in [0, 0.05) is 31.0 Å². The van der Waals surface area contributed by atoms with Crippen LogP contribution in [0.2, 0.25) is 0 Å². The first-order valence-corrected chi connectivity index (χ1v) is 7.01. The van der Waals surface area contributed by atoms with E-state index in [0.29, 0.717) is 12.0 Å². The van der Waals surface area contributed by atoms with Crippen LogP contribution >= 0.6 is 11.3 Å². The van der Waals surface area contributed by atoms with Crippen molar-refractivity contribution in [3.8, 4) is 0 Å². The number of hydrogen-bond donors (Lipinski definition) is 1. The van der Waals surface area contributed by atoms with Gasteiger partial charge in [-0.2, -0.15) is 0 Å². The second-order valence-electron chi connectivity index (χ2n) is 4.67. The van der Waals surface area contributed by atoms with E-state index in [9.17, 15) is 0 Å². The average molecular weight is 256 g/mol. The number of hydrogen-bond acceptors (Lipinski definition) is 4. The van der Waals surface area contributed by atoms with Crippen LogP contribution in [0.5, 0.6) is 0 Å². The van der Waals surface area contributed by atoms with Gasteiger partial charge in [0.1, 0.15) is 0 Å². The number of ether oxygens (including phenoxy) is 1. The number of aryl methyl sites for hydroxylation is 2. The molecule has 0 bridgehead atoms. The molecule has 1 heterocycles. The maximum absolute atomic E-state index is 5.04. The van der Waals surface area contributed by atoms with Crippen molar-refractivity contribution < 1.29 is 4.74 Å². The molecule has 1 rings (SSSR count). The van der Waals surface area contributed by atoms with E-state index in [1.807, 2.05) is 11.3 Å². The normalized spacial score (nSPS) is 14.9. The molecular weight excluding hydrogens is 232 g/mol. The van der Waals surface area contributed by atoms with Crippen LogP contribution in [0.15, 0.2) is 0 Å². The summed E-state index contributed by atoms with van der Waals surface area (Å²) < 4.78 is 5.04. The molecule has 0 aliphatic heterocycles. The van der Waals surface area contributed by atoms with E-state index in [2.05, 4.69) is 38.0 Å². The molecule has 0 amide bonds. The first-order chi connectivity index (χ1) is 8.04. The topological polar surface area (TPSA) is 34.1 Å². The number of aromatic nitrogens is 1. The molecule has 0 aliphatic rings. The van der Waals surface area contributed by atoms with Gasteiger partial charge in [0.2, 0.25) is 0 Å². The highest BCUT2D eigenvalue weighted by Crippen LogP contribution is 2.20. The minimum atomic E-state index is 0.495. The van der Waals surface area contributed by atoms with Gasteiger partial charge in [0.25, 0.3) is 0 Å². The van der Waals surface area contributed by atoms with Crippen LogP contribution in [0, 0.1) is 19.8 Å². The Morgan fingerprint density at radius 1 is 1.35 bits per heavy atom. The van der Waals surface area contributed by atoms with Crippen molar-refractivity contribution in [1.29, 1.82) is 0 Å². The van der Waals surface area contributed by atoms with E-state index in [1.54, 1.807) is 7.11 Å². The zero-order valence-electron chi connectivity index (χ0n) is 11.5. The van der Waals surface area contributed by atoms with E-state index in [4.69, 9.17) is 4.74 Å². The number of rotatable bonds is 7. The first-order valence-electron chi connectivity index (χ1n) is 6.19. The molecule has 1 N–H and O–H groups in total. The van der Waals surface area contributed by atoms with Crippen molar-refractivity contribution in [1.82, 2.24) is 10.3 Å². The van der Waals surface area contributed by atoms with Gasteiger partial charge >= 0.3 is 0 Å². The fourth-order valence-corrected chi connectivity index (χ4v) is 2.74. The smallest absolute Gasteiger partial charge is 0.0934 e. The number of thiazole rings is 1. The van der Waals surface area contributed by atoms with Gasteiger partial charge in [-0.15, -0.1) is 11.3 Å². The Morgan fingerprint density at radius 2 is 2.06 bits per heavy atom. The lowest BCUT2D eigenvalue weighted by Gasteiger charge is -2.20. The fraction of sp³-hybridized carbons (Fsp3) is 0.769. The summed E-state index contributed by atoms with van der Waals surface area (Å²) >= 11 is 1.82. The largest absolute Gasteiger partial charge is 0.383 e. The van der Waals surface area contributed by atoms with Crippen LogP contribution in [-0.4, -0.2) is 31.3 Å². The monoisotopic (exact) mass is 256 g/mol. The molecule has 2 atom stereocenters. The molecule has 0 fully saturated rings. The number of nitrogens with one attached hydrogen (secondary N) is 1. The summed E-state index contributed by atoms with van der Waals surface area (Å²) in [4.78, 5) is 5.94. The first kappa shape index (κ1) is 14.6.